The Bertz CT molecular complexity index is 655. The molecular weight excluding hydrogens is 352 g/mol. The van der Waals surface area contributed by atoms with Crippen LogP contribution in [0, 0.1) is 13.8 Å². The molecule has 1 aromatic rings. The average molecular weight is 389 g/mol. The minimum absolute atomic E-state index is 0.249. The van der Waals surface area contributed by atoms with Crippen LogP contribution in [0.25, 0.3) is 0 Å². The molecule has 2 aliphatic heterocycles. The van der Waals surface area contributed by atoms with Gasteiger partial charge in [-0.2, -0.15) is 0 Å². The van der Waals surface area contributed by atoms with Gasteiger partial charge in [-0.15, -0.1) is 0 Å². The standard InChI is InChI=1S/C23H36N2O3/c1-19-8-9-21(16-20(19)2)28-18-23(27)10-7-12-24(15-11-23)17-22(26)25-13-5-3-4-6-14-25/h8-9,16,27H,3-7,10-15,17-18H2,1-2H3. The van der Waals surface area contributed by atoms with E-state index in [-0.39, 0.29) is 5.91 Å². The summed E-state index contributed by atoms with van der Waals surface area (Å²) in [5.74, 6) is 1.06. The highest BCUT2D eigenvalue weighted by Gasteiger charge is 2.32. The molecule has 5 nitrogen and oxygen atoms in total. The Labute approximate surface area is 169 Å². The zero-order valence-corrected chi connectivity index (χ0v) is 17.6. The fraction of sp³-hybridized carbons (Fsp3) is 0.696. The molecule has 2 aliphatic rings. The lowest BCUT2D eigenvalue weighted by Gasteiger charge is -2.28. The summed E-state index contributed by atoms with van der Waals surface area (Å²) in [6.07, 6.45) is 6.97. The van der Waals surface area contributed by atoms with Gasteiger partial charge in [0.25, 0.3) is 0 Å². The third-order valence-corrected chi connectivity index (χ3v) is 6.31. The molecule has 1 amide bonds. The molecule has 0 saturated carbocycles. The minimum atomic E-state index is -0.820. The van der Waals surface area contributed by atoms with Crippen molar-refractivity contribution >= 4 is 5.91 Å². The predicted molar refractivity (Wildman–Crippen MR) is 112 cm³/mol. The maximum Gasteiger partial charge on any atom is 0.236 e. The lowest BCUT2D eigenvalue weighted by Crippen LogP contribution is -2.42. The molecular formula is C23H36N2O3. The van der Waals surface area contributed by atoms with Gasteiger partial charge in [-0.1, -0.05) is 18.9 Å². The van der Waals surface area contributed by atoms with Gasteiger partial charge >= 0.3 is 0 Å². The smallest absolute Gasteiger partial charge is 0.236 e. The number of amides is 1. The maximum atomic E-state index is 12.7. The van der Waals surface area contributed by atoms with Gasteiger partial charge < -0.3 is 14.7 Å². The van der Waals surface area contributed by atoms with Crippen molar-refractivity contribution in [1.29, 1.82) is 0 Å². The van der Waals surface area contributed by atoms with E-state index in [1.807, 2.05) is 17.0 Å². The van der Waals surface area contributed by atoms with Crippen LogP contribution in [0.1, 0.15) is 56.1 Å². The van der Waals surface area contributed by atoms with Crippen molar-refractivity contribution in [2.24, 2.45) is 0 Å². The number of hydrogen-bond donors (Lipinski definition) is 1. The van der Waals surface area contributed by atoms with E-state index in [0.717, 1.165) is 51.2 Å². The van der Waals surface area contributed by atoms with E-state index >= 15 is 0 Å². The normalized spacial score (nSPS) is 24.5. The summed E-state index contributed by atoms with van der Waals surface area (Å²) in [6, 6.07) is 6.05. The summed E-state index contributed by atoms with van der Waals surface area (Å²) < 4.78 is 5.92. The number of hydrogen-bond acceptors (Lipinski definition) is 4. The van der Waals surface area contributed by atoms with Crippen LogP contribution in [-0.4, -0.2) is 65.7 Å². The Morgan fingerprint density at radius 1 is 1.00 bits per heavy atom. The van der Waals surface area contributed by atoms with Gasteiger partial charge in [-0.3, -0.25) is 9.69 Å². The van der Waals surface area contributed by atoms with Crippen molar-refractivity contribution in [3.63, 3.8) is 0 Å². The van der Waals surface area contributed by atoms with Gasteiger partial charge in [-0.25, -0.2) is 0 Å². The van der Waals surface area contributed by atoms with Crippen LogP contribution >= 0.6 is 0 Å². The topological polar surface area (TPSA) is 53.0 Å². The Kier molecular flexibility index (Phi) is 7.36. The zero-order valence-electron chi connectivity index (χ0n) is 17.6. The van der Waals surface area contributed by atoms with Crippen LogP contribution in [-0.2, 0) is 4.79 Å². The van der Waals surface area contributed by atoms with Crippen LogP contribution in [0.15, 0.2) is 18.2 Å². The van der Waals surface area contributed by atoms with Gasteiger partial charge in [0.1, 0.15) is 12.4 Å². The van der Waals surface area contributed by atoms with Gasteiger partial charge in [0.2, 0.25) is 5.91 Å². The highest BCUT2D eigenvalue weighted by Crippen LogP contribution is 2.25. The SMILES string of the molecule is Cc1ccc(OCC2(O)CCCN(CC(=O)N3CCCCCC3)CC2)cc1C. The second kappa shape index (κ2) is 9.75. The van der Waals surface area contributed by atoms with Crippen LogP contribution in [0.4, 0.5) is 0 Å². The first-order valence-electron chi connectivity index (χ1n) is 10.9. The molecule has 0 aliphatic carbocycles. The first-order valence-corrected chi connectivity index (χ1v) is 10.9. The molecule has 5 heteroatoms. The average Bonchev–Trinajstić information content (AvgIpc) is 3.05. The van der Waals surface area contributed by atoms with E-state index in [4.69, 9.17) is 4.74 Å². The van der Waals surface area contributed by atoms with Crippen molar-refractivity contribution < 1.29 is 14.6 Å². The van der Waals surface area contributed by atoms with E-state index in [1.165, 1.54) is 24.0 Å². The third-order valence-electron chi connectivity index (χ3n) is 6.31. The lowest BCUT2D eigenvalue weighted by atomic mass is 9.96. The summed E-state index contributed by atoms with van der Waals surface area (Å²) in [7, 11) is 0. The third kappa shape index (κ3) is 5.95. The molecule has 0 spiro atoms. The Morgan fingerprint density at radius 2 is 1.75 bits per heavy atom. The summed E-state index contributed by atoms with van der Waals surface area (Å²) in [5.41, 5.74) is 1.62. The maximum absolute atomic E-state index is 12.7. The van der Waals surface area contributed by atoms with Gasteiger partial charge in [0, 0.05) is 19.6 Å². The zero-order chi connectivity index (χ0) is 20.0. The first-order chi connectivity index (χ1) is 13.5. The summed E-state index contributed by atoms with van der Waals surface area (Å²) in [6.45, 7) is 8.36. The molecule has 2 heterocycles. The van der Waals surface area contributed by atoms with Crippen molar-refractivity contribution in [2.75, 3.05) is 39.3 Å². The van der Waals surface area contributed by atoms with E-state index in [2.05, 4.69) is 24.8 Å². The molecule has 1 aromatic carbocycles. The molecule has 2 saturated heterocycles. The largest absolute Gasteiger partial charge is 0.491 e. The fourth-order valence-electron chi connectivity index (χ4n) is 4.17. The van der Waals surface area contributed by atoms with Gasteiger partial charge in [0.05, 0.1) is 12.1 Å². The van der Waals surface area contributed by atoms with Crippen LogP contribution in [0.3, 0.4) is 0 Å². The molecule has 0 radical (unpaired) electrons. The monoisotopic (exact) mass is 388 g/mol. The second-order valence-corrected chi connectivity index (χ2v) is 8.68. The van der Waals surface area contributed by atoms with Gasteiger partial charge in [0.15, 0.2) is 0 Å². The number of aryl methyl sites for hydroxylation is 2. The molecule has 1 unspecified atom stereocenters. The molecule has 3 rings (SSSR count). The molecule has 28 heavy (non-hydrogen) atoms. The van der Waals surface area contributed by atoms with E-state index in [1.54, 1.807) is 0 Å². The summed E-state index contributed by atoms with van der Waals surface area (Å²) >= 11 is 0. The van der Waals surface area contributed by atoms with E-state index in [0.29, 0.717) is 26.0 Å². The molecule has 0 aromatic heterocycles. The number of ether oxygens (including phenoxy) is 1. The van der Waals surface area contributed by atoms with Crippen molar-refractivity contribution in [3.05, 3.63) is 29.3 Å². The summed E-state index contributed by atoms with van der Waals surface area (Å²) in [5, 5.41) is 11.0. The number of carbonyl (C=O) groups is 1. The molecule has 2 fully saturated rings. The minimum Gasteiger partial charge on any atom is -0.491 e. The first kappa shape index (κ1) is 21.1. The number of likely N-dealkylation sites (tertiary alicyclic amines) is 2. The predicted octanol–water partition coefficient (Wildman–Crippen LogP) is 3.30. The quantitative estimate of drug-likeness (QED) is 0.841. The van der Waals surface area contributed by atoms with Crippen molar-refractivity contribution in [2.45, 2.75) is 64.4 Å². The number of rotatable bonds is 5. The van der Waals surface area contributed by atoms with E-state index in [9.17, 15) is 9.90 Å². The lowest BCUT2D eigenvalue weighted by molar-refractivity contribution is -0.132. The second-order valence-electron chi connectivity index (χ2n) is 8.68. The molecule has 1 atom stereocenters. The van der Waals surface area contributed by atoms with Crippen molar-refractivity contribution in [1.82, 2.24) is 9.80 Å². The number of nitrogens with zero attached hydrogens (tertiary/aromatic N) is 2. The number of benzene rings is 1. The number of carbonyl (C=O) groups excluding carboxylic acids is 1. The van der Waals surface area contributed by atoms with Gasteiger partial charge in [-0.05, 0) is 75.8 Å². The molecule has 0 bridgehead atoms. The molecule has 1 N–H and O–H groups in total. The molecule has 156 valence electrons. The Balaban J connectivity index is 1.48. The van der Waals surface area contributed by atoms with Crippen LogP contribution in [0.5, 0.6) is 5.75 Å². The van der Waals surface area contributed by atoms with E-state index < -0.39 is 5.60 Å². The highest BCUT2D eigenvalue weighted by atomic mass is 16.5. The number of aliphatic hydroxyl groups is 1. The van der Waals surface area contributed by atoms with Crippen molar-refractivity contribution in [3.8, 4) is 5.75 Å². The Morgan fingerprint density at radius 3 is 2.46 bits per heavy atom. The summed E-state index contributed by atoms with van der Waals surface area (Å²) in [4.78, 5) is 16.9. The van der Waals surface area contributed by atoms with Crippen LogP contribution in [0.2, 0.25) is 0 Å². The Hall–Kier alpha value is -1.59. The fourth-order valence-corrected chi connectivity index (χ4v) is 4.17. The van der Waals surface area contributed by atoms with Crippen LogP contribution < -0.4 is 4.74 Å². The highest BCUT2D eigenvalue weighted by molar-refractivity contribution is 5.78.